The van der Waals surface area contributed by atoms with Crippen LogP contribution in [0.5, 0.6) is 0 Å². The highest BCUT2D eigenvalue weighted by atomic mass is 16.4. The summed E-state index contributed by atoms with van der Waals surface area (Å²) in [6, 6.07) is 7.59. The van der Waals surface area contributed by atoms with Crippen LogP contribution in [0.1, 0.15) is 25.8 Å². The van der Waals surface area contributed by atoms with Gasteiger partial charge in [-0.3, -0.25) is 0 Å². The molecule has 1 aliphatic heterocycles. The first-order valence-corrected chi connectivity index (χ1v) is 7.35. The molecule has 0 aliphatic carbocycles. The second kappa shape index (κ2) is 6.75. The van der Waals surface area contributed by atoms with Gasteiger partial charge in [-0.15, -0.1) is 0 Å². The molecule has 2 unspecified atom stereocenters. The topological polar surface area (TPSA) is 61.4 Å². The van der Waals surface area contributed by atoms with Gasteiger partial charge in [0.2, 0.25) is 0 Å². The molecule has 1 saturated heterocycles. The van der Waals surface area contributed by atoms with Crippen LogP contribution in [0.4, 0.5) is 5.69 Å². The summed E-state index contributed by atoms with van der Waals surface area (Å²) in [4.78, 5) is 11.5. The second-order valence-electron chi connectivity index (χ2n) is 6.01. The van der Waals surface area contributed by atoms with Gasteiger partial charge in [0.1, 0.15) is 6.04 Å². The number of anilines is 1. The molecule has 2 atom stereocenters. The van der Waals surface area contributed by atoms with Gasteiger partial charge in [-0.1, -0.05) is 26.0 Å². The molecule has 110 valence electrons. The van der Waals surface area contributed by atoms with Crippen molar-refractivity contribution in [2.45, 2.75) is 32.7 Å². The van der Waals surface area contributed by atoms with Gasteiger partial charge in [-0.25, -0.2) is 4.79 Å². The van der Waals surface area contributed by atoms with Crippen molar-refractivity contribution in [1.82, 2.24) is 5.32 Å². The normalized spacial score (nSPS) is 20.1. The van der Waals surface area contributed by atoms with Gasteiger partial charge in [0.25, 0.3) is 0 Å². The average Bonchev–Trinajstić information content (AvgIpc) is 2.88. The van der Waals surface area contributed by atoms with E-state index in [4.69, 9.17) is 0 Å². The molecule has 1 aromatic rings. The second-order valence-corrected chi connectivity index (χ2v) is 6.01. The van der Waals surface area contributed by atoms with Crippen LogP contribution in [-0.4, -0.2) is 30.2 Å². The number of carboxylic acid groups (broad SMARTS) is 1. The summed E-state index contributed by atoms with van der Waals surface area (Å²) >= 11 is 0. The van der Waals surface area contributed by atoms with Crippen molar-refractivity contribution in [1.29, 1.82) is 0 Å². The van der Waals surface area contributed by atoms with E-state index >= 15 is 0 Å². The number of nitrogens with one attached hydrogen (secondary N) is 2. The molecular formula is C16H24N2O2. The van der Waals surface area contributed by atoms with Gasteiger partial charge in [0.15, 0.2) is 0 Å². The summed E-state index contributed by atoms with van der Waals surface area (Å²) < 4.78 is 0. The van der Waals surface area contributed by atoms with Crippen LogP contribution in [0.15, 0.2) is 24.3 Å². The molecule has 20 heavy (non-hydrogen) atoms. The molecule has 2 rings (SSSR count). The first kappa shape index (κ1) is 14.9. The quantitative estimate of drug-likeness (QED) is 0.746. The van der Waals surface area contributed by atoms with Crippen LogP contribution in [0.25, 0.3) is 0 Å². The molecule has 0 amide bonds. The summed E-state index contributed by atoms with van der Waals surface area (Å²) in [5.41, 5.74) is 2.15. The fraction of sp³-hybridized carbons (Fsp3) is 0.562. The highest BCUT2D eigenvalue weighted by molar-refractivity contribution is 5.78. The van der Waals surface area contributed by atoms with E-state index in [1.165, 1.54) is 5.56 Å². The molecular weight excluding hydrogens is 252 g/mol. The maximum atomic E-state index is 11.5. The largest absolute Gasteiger partial charge is 0.480 e. The molecule has 0 spiro atoms. The molecule has 4 heteroatoms. The Morgan fingerprint density at radius 1 is 1.50 bits per heavy atom. The molecule has 1 aliphatic rings. The standard InChI is InChI=1S/C16H24N2O2/c1-11(2)8-12-4-3-5-14(9-12)18-15(16(19)20)13-6-7-17-10-13/h3-5,9,11,13,15,17-18H,6-8,10H2,1-2H3,(H,19,20). The molecule has 3 N–H and O–H groups in total. The third-order valence-electron chi connectivity index (χ3n) is 3.73. The van der Waals surface area contributed by atoms with E-state index in [0.29, 0.717) is 5.92 Å². The lowest BCUT2D eigenvalue weighted by Gasteiger charge is -2.21. The molecule has 0 radical (unpaired) electrons. The van der Waals surface area contributed by atoms with Crippen molar-refractivity contribution in [2.75, 3.05) is 18.4 Å². The van der Waals surface area contributed by atoms with Gasteiger partial charge < -0.3 is 15.7 Å². The maximum Gasteiger partial charge on any atom is 0.326 e. The van der Waals surface area contributed by atoms with E-state index < -0.39 is 12.0 Å². The maximum absolute atomic E-state index is 11.5. The highest BCUT2D eigenvalue weighted by Crippen LogP contribution is 2.20. The Hall–Kier alpha value is -1.55. The van der Waals surface area contributed by atoms with Gasteiger partial charge >= 0.3 is 5.97 Å². The van der Waals surface area contributed by atoms with Crippen molar-refractivity contribution < 1.29 is 9.90 Å². The van der Waals surface area contributed by atoms with Crippen molar-refractivity contribution in [3.8, 4) is 0 Å². The van der Waals surface area contributed by atoms with Crippen LogP contribution < -0.4 is 10.6 Å². The molecule has 0 bridgehead atoms. The first-order valence-electron chi connectivity index (χ1n) is 7.35. The lowest BCUT2D eigenvalue weighted by molar-refractivity contribution is -0.139. The number of hydrogen-bond acceptors (Lipinski definition) is 3. The molecule has 4 nitrogen and oxygen atoms in total. The smallest absolute Gasteiger partial charge is 0.326 e. The van der Waals surface area contributed by atoms with Crippen LogP contribution in [0, 0.1) is 11.8 Å². The monoisotopic (exact) mass is 276 g/mol. The van der Waals surface area contributed by atoms with Crippen LogP contribution in [0.3, 0.4) is 0 Å². The first-order chi connectivity index (χ1) is 9.56. The van der Waals surface area contributed by atoms with Crippen molar-refractivity contribution in [3.63, 3.8) is 0 Å². The zero-order valence-electron chi connectivity index (χ0n) is 12.2. The SMILES string of the molecule is CC(C)Cc1cccc(NC(C(=O)O)C2CCNC2)c1. The predicted octanol–water partition coefficient (Wildman–Crippen LogP) is 2.36. The van der Waals surface area contributed by atoms with E-state index in [9.17, 15) is 9.90 Å². The summed E-state index contributed by atoms with van der Waals surface area (Å²) in [6.07, 6.45) is 1.92. The summed E-state index contributed by atoms with van der Waals surface area (Å²) in [6.45, 7) is 6.05. The molecule has 1 heterocycles. The van der Waals surface area contributed by atoms with Crippen molar-refractivity contribution >= 4 is 11.7 Å². The van der Waals surface area contributed by atoms with Gasteiger partial charge in [-0.2, -0.15) is 0 Å². The Morgan fingerprint density at radius 3 is 2.90 bits per heavy atom. The van der Waals surface area contributed by atoms with E-state index in [2.05, 4.69) is 36.6 Å². The van der Waals surface area contributed by atoms with E-state index in [0.717, 1.165) is 31.6 Å². The molecule has 1 aromatic carbocycles. The van der Waals surface area contributed by atoms with Crippen LogP contribution in [0.2, 0.25) is 0 Å². The number of carbonyl (C=O) groups is 1. The third kappa shape index (κ3) is 3.97. The third-order valence-corrected chi connectivity index (χ3v) is 3.73. The number of rotatable bonds is 6. The Balaban J connectivity index is 2.07. The number of hydrogen-bond donors (Lipinski definition) is 3. The fourth-order valence-electron chi connectivity index (χ4n) is 2.78. The van der Waals surface area contributed by atoms with Crippen molar-refractivity contribution in [2.24, 2.45) is 11.8 Å². The predicted molar refractivity (Wildman–Crippen MR) is 81.0 cm³/mol. The minimum atomic E-state index is -0.770. The van der Waals surface area contributed by atoms with E-state index in [-0.39, 0.29) is 5.92 Å². The average molecular weight is 276 g/mol. The Bertz CT molecular complexity index is 454. The Labute approximate surface area is 120 Å². The number of carboxylic acids is 1. The zero-order chi connectivity index (χ0) is 14.5. The Morgan fingerprint density at radius 2 is 2.30 bits per heavy atom. The van der Waals surface area contributed by atoms with Gasteiger partial charge in [0, 0.05) is 18.2 Å². The summed E-state index contributed by atoms with van der Waals surface area (Å²) in [5.74, 6) is -0.0197. The van der Waals surface area contributed by atoms with E-state index in [1.807, 2.05) is 12.1 Å². The van der Waals surface area contributed by atoms with E-state index in [1.54, 1.807) is 0 Å². The minimum absolute atomic E-state index is 0.154. The summed E-state index contributed by atoms with van der Waals surface area (Å²) in [5, 5.41) is 15.8. The zero-order valence-corrected chi connectivity index (χ0v) is 12.2. The summed E-state index contributed by atoms with van der Waals surface area (Å²) in [7, 11) is 0. The molecule has 1 fully saturated rings. The number of aliphatic carboxylic acids is 1. The van der Waals surface area contributed by atoms with Crippen LogP contribution >= 0.6 is 0 Å². The Kier molecular flexibility index (Phi) is 5.01. The molecule has 0 saturated carbocycles. The molecule has 0 aromatic heterocycles. The fourth-order valence-corrected chi connectivity index (χ4v) is 2.78. The lowest BCUT2D eigenvalue weighted by Crippen LogP contribution is -2.38. The lowest BCUT2D eigenvalue weighted by atomic mass is 9.98. The number of benzene rings is 1. The van der Waals surface area contributed by atoms with Crippen LogP contribution in [-0.2, 0) is 11.2 Å². The van der Waals surface area contributed by atoms with Crippen molar-refractivity contribution in [3.05, 3.63) is 29.8 Å². The highest BCUT2D eigenvalue weighted by Gasteiger charge is 2.30. The van der Waals surface area contributed by atoms with Gasteiger partial charge in [-0.05, 0) is 43.0 Å². The van der Waals surface area contributed by atoms with Gasteiger partial charge in [0.05, 0.1) is 0 Å². The minimum Gasteiger partial charge on any atom is -0.480 e.